The molecule has 178 valence electrons. The zero-order valence-corrected chi connectivity index (χ0v) is 19.7. The van der Waals surface area contributed by atoms with Gasteiger partial charge in [0.25, 0.3) is 0 Å². The predicted octanol–water partition coefficient (Wildman–Crippen LogP) is 5.01. The molecule has 1 aromatic carbocycles. The van der Waals surface area contributed by atoms with E-state index < -0.39 is 5.82 Å². The largest absolute Gasteiger partial charge is 0.424 e. The lowest BCUT2D eigenvalue weighted by molar-refractivity contribution is 0.258. The number of nitrogens with one attached hydrogen (secondary N) is 1. The summed E-state index contributed by atoms with van der Waals surface area (Å²) in [5.41, 5.74) is 0.985. The average molecular weight is 484 g/mol. The molecule has 0 radical (unpaired) electrons. The highest BCUT2D eigenvalue weighted by Gasteiger charge is 2.43. The van der Waals surface area contributed by atoms with Crippen molar-refractivity contribution < 1.29 is 9.13 Å². The molecule has 3 aromatic rings. The Labute approximate surface area is 202 Å². The van der Waals surface area contributed by atoms with Crippen LogP contribution in [0.2, 0.25) is 5.02 Å². The Balaban J connectivity index is 1.20. The van der Waals surface area contributed by atoms with Crippen molar-refractivity contribution in [3.8, 4) is 11.8 Å². The molecule has 2 aliphatic carbocycles. The quantitative estimate of drug-likeness (QED) is 0.527. The minimum atomic E-state index is -0.476. The molecular formula is C24H27ClFN7O. The van der Waals surface area contributed by atoms with Crippen LogP contribution in [0.4, 0.5) is 16.2 Å². The van der Waals surface area contributed by atoms with E-state index in [2.05, 4.69) is 31.2 Å². The van der Waals surface area contributed by atoms with Gasteiger partial charge in [-0.1, -0.05) is 11.6 Å². The van der Waals surface area contributed by atoms with Crippen LogP contribution in [0, 0.1) is 24.6 Å². The normalized spacial score (nSPS) is 24.2. The van der Waals surface area contributed by atoms with Crippen molar-refractivity contribution in [2.75, 3.05) is 23.3 Å². The molecule has 2 atom stereocenters. The molecule has 10 heteroatoms. The highest BCUT2D eigenvalue weighted by Crippen LogP contribution is 2.41. The lowest BCUT2D eigenvalue weighted by Gasteiger charge is -2.38. The molecule has 2 aromatic heterocycles. The molecular weight excluding hydrogens is 457 g/mol. The van der Waals surface area contributed by atoms with Crippen LogP contribution >= 0.6 is 11.6 Å². The van der Waals surface area contributed by atoms with Crippen molar-refractivity contribution in [1.82, 2.24) is 24.7 Å². The average Bonchev–Trinajstić information content (AvgIpc) is 3.25. The van der Waals surface area contributed by atoms with Gasteiger partial charge in [-0.05, 0) is 63.0 Å². The number of halogens is 2. The van der Waals surface area contributed by atoms with Crippen molar-refractivity contribution in [3.63, 3.8) is 0 Å². The van der Waals surface area contributed by atoms with Crippen molar-refractivity contribution in [2.24, 2.45) is 11.8 Å². The number of nitrogens with zero attached hydrogens (tertiary/aromatic N) is 6. The van der Waals surface area contributed by atoms with E-state index in [1.807, 2.05) is 11.6 Å². The van der Waals surface area contributed by atoms with E-state index in [-0.39, 0.29) is 11.1 Å². The van der Waals surface area contributed by atoms with Gasteiger partial charge < -0.3 is 15.0 Å². The van der Waals surface area contributed by atoms with E-state index in [9.17, 15) is 4.39 Å². The van der Waals surface area contributed by atoms with Crippen molar-refractivity contribution >= 4 is 23.4 Å². The summed E-state index contributed by atoms with van der Waals surface area (Å²) in [6.45, 7) is 3.90. The maximum absolute atomic E-state index is 13.6. The molecule has 8 nitrogen and oxygen atoms in total. The first-order valence-electron chi connectivity index (χ1n) is 11.9. The summed E-state index contributed by atoms with van der Waals surface area (Å²) < 4.78 is 21.4. The van der Waals surface area contributed by atoms with Gasteiger partial charge >= 0.3 is 6.01 Å². The van der Waals surface area contributed by atoms with Crippen LogP contribution in [0.15, 0.2) is 30.6 Å². The Kier molecular flexibility index (Phi) is 5.51. The van der Waals surface area contributed by atoms with Crippen LogP contribution in [-0.2, 0) is 0 Å². The van der Waals surface area contributed by atoms with Gasteiger partial charge in [0, 0.05) is 37.0 Å². The first kappa shape index (κ1) is 21.6. The maximum Gasteiger partial charge on any atom is 0.322 e. The van der Waals surface area contributed by atoms with Crippen molar-refractivity contribution in [3.05, 3.63) is 47.1 Å². The van der Waals surface area contributed by atoms with E-state index in [0.29, 0.717) is 35.6 Å². The zero-order chi connectivity index (χ0) is 23.2. The topological polar surface area (TPSA) is 81.0 Å². The van der Waals surface area contributed by atoms with E-state index in [1.165, 1.54) is 31.4 Å². The van der Waals surface area contributed by atoms with Gasteiger partial charge in [0.05, 0.1) is 11.1 Å². The number of aryl methyl sites for hydroxylation is 1. The van der Waals surface area contributed by atoms with Crippen molar-refractivity contribution in [1.29, 1.82) is 0 Å². The molecule has 6 rings (SSSR count). The molecule has 34 heavy (non-hydrogen) atoms. The summed E-state index contributed by atoms with van der Waals surface area (Å²) in [6, 6.07) is 7.37. The third-order valence-electron chi connectivity index (χ3n) is 7.36. The molecule has 3 fully saturated rings. The number of piperidine rings is 1. The third-order valence-corrected chi connectivity index (χ3v) is 7.65. The summed E-state index contributed by atoms with van der Waals surface area (Å²) in [6.07, 6.45) is 7.24. The summed E-state index contributed by atoms with van der Waals surface area (Å²) in [5, 5.41) is 8.43. The number of hydrogen-bond acceptors (Lipinski definition) is 7. The molecule has 3 heterocycles. The summed E-state index contributed by atoms with van der Waals surface area (Å²) in [4.78, 5) is 15.8. The Hall–Kier alpha value is -2.94. The fraction of sp³-hybridized carbons (Fsp3) is 0.500. The molecule has 0 amide bonds. The lowest BCUT2D eigenvalue weighted by Crippen LogP contribution is -2.48. The fourth-order valence-electron chi connectivity index (χ4n) is 5.36. The maximum atomic E-state index is 13.6. The highest BCUT2D eigenvalue weighted by molar-refractivity contribution is 6.30. The smallest absolute Gasteiger partial charge is 0.322 e. The van der Waals surface area contributed by atoms with E-state index in [0.717, 1.165) is 37.4 Å². The monoisotopic (exact) mass is 483 g/mol. The second kappa shape index (κ2) is 8.69. The number of benzene rings is 1. The second-order valence-corrected chi connectivity index (χ2v) is 10.0. The Morgan fingerprint density at radius 1 is 1.09 bits per heavy atom. The Morgan fingerprint density at radius 3 is 2.56 bits per heavy atom. The first-order valence-corrected chi connectivity index (χ1v) is 12.3. The summed E-state index contributed by atoms with van der Waals surface area (Å²) >= 11 is 5.94. The molecule has 1 N–H and O–H groups in total. The van der Waals surface area contributed by atoms with E-state index in [4.69, 9.17) is 21.4 Å². The number of fused-ring (bicyclic) bond motifs is 2. The second-order valence-electron chi connectivity index (χ2n) is 9.62. The van der Waals surface area contributed by atoms with Gasteiger partial charge in [-0.2, -0.15) is 4.98 Å². The van der Waals surface area contributed by atoms with Gasteiger partial charge in [0.15, 0.2) is 0 Å². The number of rotatable bonds is 6. The highest BCUT2D eigenvalue weighted by atomic mass is 35.5. The number of anilines is 2. The standard InChI is InChI=1S/C24H27ClFN7O/c1-14-9-21(28-13-27-14)32-11-15-5-6-16(12-32)22(15)29-23-30-24(33(31-23)17-3-2-4-17)34-18-7-8-20(26)19(25)10-18/h7-10,13,15-17,22H,2-6,11-12H2,1H3,(H,29,31). The summed E-state index contributed by atoms with van der Waals surface area (Å²) in [5.74, 6) is 2.54. The number of ether oxygens (including phenoxy) is 1. The predicted molar refractivity (Wildman–Crippen MR) is 127 cm³/mol. The van der Waals surface area contributed by atoms with Crippen LogP contribution < -0.4 is 15.0 Å². The minimum Gasteiger partial charge on any atom is -0.424 e. The van der Waals surface area contributed by atoms with Gasteiger partial charge in [-0.15, -0.1) is 5.10 Å². The van der Waals surface area contributed by atoms with Crippen LogP contribution in [0.3, 0.4) is 0 Å². The molecule has 2 saturated carbocycles. The zero-order valence-electron chi connectivity index (χ0n) is 19.0. The van der Waals surface area contributed by atoms with Crippen molar-refractivity contribution in [2.45, 2.75) is 51.1 Å². The van der Waals surface area contributed by atoms with Gasteiger partial charge in [0.1, 0.15) is 23.7 Å². The lowest BCUT2D eigenvalue weighted by atomic mass is 9.92. The van der Waals surface area contributed by atoms with Gasteiger partial charge in [-0.3, -0.25) is 0 Å². The summed E-state index contributed by atoms with van der Waals surface area (Å²) in [7, 11) is 0. The number of hydrogen-bond donors (Lipinski definition) is 1. The Bertz CT molecular complexity index is 1190. The fourth-order valence-corrected chi connectivity index (χ4v) is 5.53. The van der Waals surface area contributed by atoms with Crippen LogP contribution in [0.5, 0.6) is 11.8 Å². The molecule has 3 aliphatic rings. The van der Waals surface area contributed by atoms with Crippen LogP contribution in [-0.4, -0.2) is 43.9 Å². The molecule has 0 spiro atoms. The first-order chi connectivity index (χ1) is 16.5. The number of aromatic nitrogens is 5. The van der Waals surface area contributed by atoms with E-state index >= 15 is 0 Å². The van der Waals surface area contributed by atoms with Crippen LogP contribution in [0.1, 0.15) is 43.8 Å². The van der Waals surface area contributed by atoms with Gasteiger partial charge in [0.2, 0.25) is 5.95 Å². The van der Waals surface area contributed by atoms with E-state index in [1.54, 1.807) is 12.4 Å². The Morgan fingerprint density at radius 2 is 1.88 bits per heavy atom. The molecule has 1 saturated heterocycles. The van der Waals surface area contributed by atoms with Crippen LogP contribution in [0.25, 0.3) is 0 Å². The minimum absolute atomic E-state index is 0.0211. The third kappa shape index (κ3) is 4.06. The SMILES string of the molecule is Cc1cc(N2CC3CCC(C2)C3Nc2nc(Oc3ccc(F)c(Cl)c3)n(C3CCC3)n2)ncn1. The molecule has 2 bridgehead atoms. The van der Waals surface area contributed by atoms with Gasteiger partial charge in [-0.25, -0.2) is 19.0 Å². The molecule has 1 aliphatic heterocycles. The molecule has 2 unspecified atom stereocenters.